The Bertz CT molecular complexity index is 616. The van der Waals surface area contributed by atoms with Crippen LogP contribution in [0.1, 0.15) is 50.0 Å². The first-order chi connectivity index (χ1) is 9.54. The minimum atomic E-state index is -3.83. The fraction of sp³-hybridized carbons (Fsp3) is 0.533. The summed E-state index contributed by atoms with van der Waals surface area (Å²) in [5, 5.41) is 8.00. The van der Waals surface area contributed by atoms with E-state index in [1.807, 2.05) is 6.92 Å². The molecule has 6 heteroatoms. The molecule has 0 aliphatic rings. The zero-order chi connectivity index (χ0) is 16.3. The number of aryl methyl sites for hydroxylation is 1. The molecule has 1 amide bonds. The molecule has 5 nitrogen and oxygen atoms in total. The summed E-state index contributed by atoms with van der Waals surface area (Å²) in [5.74, 6) is -0.285. The molecule has 1 rings (SSSR count). The molecule has 0 saturated heterocycles. The van der Waals surface area contributed by atoms with Gasteiger partial charge in [-0.25, -0.2) is 13.6 Å². The molecule has 21 heavy (non-hydrogen) atoms. The fourth-order valence-electron chi connectivity index (χ4n) is 1.91. The summed E-state index contributed by atoms with van der Waals surface area (Å²) in [4.78, 5) is 12.1. The lowest BCUT2D eigenvalue weighted by Crippen LogP contribution is -2.27. The summed E-state index contributed by atoms with van der Waals surface area (Å²) in [6.07, 6.45) is 1.38. The van der Waals surface area contributed by atoms with E-state index in [1.54, 1.807) is 12.1 Å². The Morgan fingerprint density at radius 1 is 1.29 bits per heavy atom. The van der Waals surface area contributed by atoms with Gasteiger partial charge in [0.25, 0.3) is 5.91 Å². The van der Waals surface area contributed by atoms with Crippen molar-refractivity contribution in [1.29, 1.82) is 0 Å². The first-order valence-corrected chi connectivity index (χ1v) is 8.53. The van der Waals surface area contributed by atoms with Crippen molar-refractivity contribution in [3.63, 3.8) is 0 Å². The monoisotopic (exact) mass is 312 g/mol. The van der Waals surface area contributed by atoms with Gasteiger partial charge in [0.15, 0.2) is 0 Å². The van der Waals surface area contributed by atoms with Crippen molar-refractivity contribution in [2.24, 2.45) is 10.6 Å². The maximum absolute atomic E-state index is 12.1. The van der Waals surface area contributed by atoms with Gasteiger partial charge in [-0.3, -0.25) is 4.79 Å². The molecular formula is C15H24N2O3S. The molecule has 1 aromatic rings. The number of hydrogen-bond donors (Lipinski definition) is 2. The molecule has 0 atom stereocenters. The third-order valence-electron chi connectivity index (χ3n) is 3.18. The maximum Gasteiger partial charge on any atom is 0.251 e. The Kier molecular flexibility index (Phi) is 5.53. The van der Waals surface area contributed by atoms with Crippen molar-refractivity contribution in [1.82, 2.24) is 5.32 Å². The molecule has 0 fully saturated rings. The van der Waals surface area contributed by atoms with E-state index >= 15 is 0 Å². The van der Waals surface area contributed by atoms with Crippen molar-refractivity contribution in [3.8, 4) is 0 Å². The van der Waals surface area contributed by atoms with Gasteiger partial charge in [0.1, 0.15) is 0 Å². The molecule has 1 aromatic carbocycles. The molecule has 0 aliphatic carbocycles. The van der Waals surface area contributed by atoms with Crippen molar-refractivity contribution in [2.75, 3.05) is 6.54 Å². The summed E-state index contributed by atoms with van der Waals surface area (Å²) < 4.78 is 23.2. The van der Waals surface area contributed by atoms with E-state index in [2.05, 4.69) is 26.1 Å². The van der Waals surface area contributed by atoms with Crippen LogP contribution in [0.2, 0.25) is 0 Å². The Hall–Kier alpha value is -1.40. The fourth-order valence-corrected chi connectivity index (χ4v) is 2.77. The van der Waals surface area contributed by atoms with E-state index in [9.17, 15) is 13.2 Å². The Morgan fingerprint density at radius 2 is 1.90 bits per heavy atom. The Morgan fingerprint density at radius 3 is 2.38 bits per heavy atom. The molecule has 3 N–H and O–H groups in total. The van der Waals surface area contributed by atoms with Crippen molar-refractivity contribution in [2.45, 2.75) is 45.4 Å². The number of carbonyl (C=O) groups excluding carboxylic acids is 1. The number of nitrogens with one attached hydrogen (secondary N) is 1. The lowest BCUT2D eigenvalue weighted by Gasteiger charge is -2.18. The van der Waals surface area contributed by atoms with Gasteiger partial charge in [-0.15, -0.1) is 0 Å². The number of nitrogens with two attached hydrogens (primary N) is 1. The van der Waals surface area contributed by atoms with Gasteiger partial charge in [0, 0.05) is 12.1 Å². The van der Waals surface area contributed by atoms with E-state index in [-0.39, 0.29) is 16.2 Å². The molecule has 118 valence electrons. The van der Waals surface area contributed by atoms with Gasteiger partial charge >= 0.3 is 0 Å². The standard InChI is InChI=1S/C15H24N2O3S/c1-5-11-6-7-12(10-13(11)21(16,19)20)14(18)17-9-8-15(2,3)4/h6-7,10H,5,8-9H2,1-4H3,(H,17,18)(H2,16,19,20). The number of rotatable bonds is 5. The summed E-state index contributed by atoms with van der Waals surface area (Å²) in [6.45, 7) is 8.66. The van der Waals surface area contributed by atoms with Crippen LogP contribution < -0.4 is 10.5 Å². The second-order valence-corrected chi connectivity index (χ2v) is 7.82. The van der Waals surface area contributed by atoms with Gasteiger partial charge in [-0.05, 0) is 36.0 Å². The highest BCUT2D eigenvalue weighted by atomic mass is 32.2. The third kappa shape index (κ3) is 5.47. The van der Waals surface area contributed by atoms with Crippen LogP contribution in [-0.2, 0) is 16.4 Å². The van der Waals surface area contributed by atoms with Crippen LogP contribution in [0.4, 0.5) is 0 Å². The number of sulfonamides is 1. The number of benzene rings is 1. The zero-order valence-electron chi connectivity index (χ0n) is 13.1. The average Bonchev–Trinajstić information content (AvgIpc) is 2.35. The minimum absolute atomic E-state index is 0.0217. The molecule has 0 saturated carbocycles. The van der Waals surface area contributed by atoms with Crippen LogP contribution in [0, 0.1) is 5.41 Å². The van der Waals surface area contributed by atoms with Crippen LogP contribution in [0.5, 0.6) is 0 Å². The van der Waals surface area contributed by atoms with Gasteiger partial charge in [0.05, 0.1) is 4.90 Å². The topological polar surface area (TPSA) is 89.3 Å². The first-order valence-electron chi connectivity index (χ1n) is 6.98. The van der Waals surface area contributed by atoms with Crippen LogP contribution in [0.25, 0.3) is 0 Å². The number of carbonyl (C=O) groups is 1. The van der Waals surface area contributed by atoms with Gasteiger partial charge in [-0.2, -0.15) is 0 Å². The molecule has 0 heterocycles. The van der Waals surface area contributed by atoms with Crippen LogP contribution in [0.15, 0.2) is 23.1 Å². The largest absolute Gasteiger partial charge is 0.352 e. The summed E-state index contributed by atoms with van der Waals surface area (Å²) in [6, 6.07) is 4.61. The SMILES string of the molecule is CCc1ccc(C(=O)NCCC(C)(C)C)cc1S(N)(=O)=O. The Labute approximate surface area is 127 Å². The highest BCUT2D eigenvalue weighted by molar-refractivity contribution is 7.89. The van der Waals surface area contributed by atoms with E-state index in [0.29, 0.717) is 24.1 Å². The van der Waals surface area contributed by atoms with Gasteiger partial charge in [0.2, 0.25) is 10.0 Å². The second kappa shape index (κ2) is 6.58. The normalized spacial score (nSPS) is 12.2. The number of hydrogen-bond acceptors (Lipinski definition) is 3. The van der Waals surface area contributed by atoms with Gasteiger partial charge < -0.3 is 5.32 Å². The van der Waals surface area contributed by atoms with Crippen molar-refractivity contribution < 1.29 is 13.2 Å². The summed E-state index contributed by atoms with van der Waals surface area (Å²) in [7, 11) is -3.83. The maximum atomic E-state index is 12.1. The number of amides is 1. The Balaban J connectivity index is 2.92. The molecule has 0 radical (unpaired) electrons. The van der Waals surface area contributed by atoms with Crippen molar-refractivity contribution in [3.05, 3.63) is 29.3 Å². The second-order valence-electron chi connectivity index (χ2n) is 6.29. The predicted molar refractivity (Wildman–Crippen MR) is 83.6 cm³/mol. The number of primary sulfonamides is 1. The minimum Gasteiger partial charge on any atom is -0.352 e. The highest BCUT2D eigenvalue weighted by Crippen LogP contribution is 2.19. The highest BCUT2D eigenvalue weighted by Gasteiger charge is 2.17. The molecule has 0 aromatic heterocycles. The molecule has 0 spiro atoms. The molecule has 0 aliphatic heterocycles. The lowest BCUT2D eigenvalue weighted by molar-refractivity contribution is 0.0949. The van der Waals surface area contributed by atoms with E-state index in [1.165, 1.54) is 6.07 Å². The van der Waals surface area contributed by atoms with Gasteiger partial charge in [-0.1, -0.05) is 33.8 Å². The summed E-state index contributed by atoms with van der Waals surface area (Å²) in [5.41, 5.74) is 1.05. The lowest BCUT2D eigenvalue weighted by atomic mass is 9.92. The van der Waals surface area contributed by atoms with Crippen LogP contribution in [-0.4, -0.2) is 20.9 Å². The van der Waals surface area contributed by atoms with Crippen LogP contribution >= 0.6 is 0 Å². The quantitative estimate of drug-likeness (QED) is 0.872. The van der Waals surface area contributed by atoms with E-state index in [0.717, 1.165) is 6.42 Å². The van der Waals surface area contributed by atoms with E-state index in [4.69, 9.17) is 5.14 Å². The predicted octanol–water partition coefficient (Wildman–Crippen LogP) is 2.06. The third-order valence-corrected chi connectivity index (χ3v) is 4.17. The molecule has 0 unspecified atom stereocenters. The smallest absolute Gasteiger partial charge is 0.251 e. The van der Waals surface area contributed by atoms with Crippen LogP contribution in [0.3, 0.4) is 0 Å². The van der Waals surface area contributed by atoms with E-state index < -0.39 is 10.0 Å². The molecular weight excluding hydrogens is 288 g/mol. The first kappa shape index (κ1) is 17.7. The summed E-state index contributed by atoms with van der Waals surface area (Å²) >= 11 is 0. The molecule has 0 bridgehead atoms. The zero-order valence-corrected chi connectivity index (χ0v) is 13.9. The van der Waals surface area contributed by atoms with Crippen molar-refractivity contribution >= 4 is 15.9 Å². The average molecular weight is 312 g/mol.